The molecular weight excluding hydrogens is 472 g/mol. The molecule has 0 bridgehead atoms. The van der Waals surface area contributed by atoms with Crippen LogP contribution in [0.1, 0.15) is 78.6 Å². The van der Waals surface area contributed by atoms with Crippen LogP contribution in [0.3, 0.4) is 0 Å². The minimum absolute atomic E-state index is 0.0780. The third-order valence-corrected chi connectivity index (χ3v) is 8.89. The molecule has 0 radical (unpaired) electrons. The van der Waals surface area contributed by atoms with Crippen molar-refractivity contribution in [2.45, 2.75) is 97.2 Å². The number of hydrogen-bond acceptors (Lipinski definition) is 5. The number of hydrogen-bond donors (Lipinski definition) is 2. The normalized spacial score (nSPS) is 19.9. The summed E-state index contributed by atoms with van der Waals surface area (Å²) in [6, 6.07) is 8.58. The summed E-state index contributed by atoms with van der Waals surface area (Å²) in [5, 5.41) is 19.2. The molecule has 3 unspecified atom stereocenters. The van der Waals surface area contributed by atoms with Crippen LogP contribution in [-0.2, 0) is 6.54 Å². The lowest BCUT2D eigenvalue weighted by molar-refractivity contribution is 0.285. The average molecular weight is 519 g/mol. The molecule has 2 heterocycles. The largest absolute Gasteiger partial charge is 0.494 e. The van der Waals surface area contributed by atoms with E-state index in [9.17, 15) is 9.90 Å². The number of fused-ring (bicyclic) bond motifs is 1. The van der Waals surface area contributed by atoms with Crippen LogP contribution in [0, 0.1) is 11.8 Å². The highest BCUT2D eigenvalue weighted by Crippen LogP contribution is 2.36. The molecule has 6 nitrogen and oxygen atoms in total. The van der Waals surface area contributed by atoms with Gasteiger partial charge in [-0.05, 0) is 81.9 Å². The molecule has 2 aromatic carbocycles. The number of anilines is 1. The smallest absolute Gasteiger partial charge is 0.261 e. The van der Waals surface area contributed by atoms with Gasteiger partial charge in [-0.15, -0.1) is 0 Å². The summed E-state index contributed by atoms with van der Waals surface area (Å²) in [4.78, 5) is 21.1. The van der Waals surface area contributed by atoms with Gasteiger partial charge >= 0.3 is 0 Å². The fourth-order valence-corrected chi connectivity index (χ4v) is 6.55. The summed E-state index contributed by atoms with van der Waals surface area (Å²) in [7, 11) is 2.16. The van der Waals surface area contributed by atoms with Crippen molar-refractivity contribution in [2.75, 3.05) is 25.5 Å². The van der Waals surface area contributed by atoms with E-state index in [1.165, 1.54) is 38.5 Å². The molecule has 5 rings (SSSR count). The fourth-order valence-electron chi connectivity index (χ4n) is 6.55. The molecule has 6 heteroatoms. The van der Waals surface area contributed by atoms with Gasteiger partial charge in [-0.2, -0.15) is 0 Å². The van der Waals surface area contributed by atoms with Crippen molar-refractivity contribution >= 4 is 27.2 Å². The topological polar surface area (TPSA) is 69.9 Å². The van der Waals surface area contributed by atoms with Crippen LogP contribution in [0.4, 0.5) is 5.69 Å². The van der Waals surface area contributed by atoms with Gasteiger partial charge in [0, 0.05) is 39.8 Å². The Labute approximate surface area is 227 Å². The van der Waals surface area contributed by atoms with Crippen LogP contribution in [-0.4, -0.2) is 46.8 Å². The Hall–Kier alpha value is -2.60. The van der Waals surface area contributed by atoms with Crippen LogP contribution in [0.15, 0.2) is 34.1 Å². The maximum atomic E-state index is 13.6. The first kappa shape index (κ1) is 27.0. The molecule has 1 aliphatic heterocycles. The number of aromatic hydroxyl groups is 1. The van der Waals surface area contributed by atoms with Crippen LogP contribution in [0.5, 0.6) is 5.88 Å². The van der Waals surface area contributed by atoms with Gasteiger partial charge in [0.15, 0.2) is 0 Å². The minimum atomic E-state index is -0.109. The molecule has 0 spiro atoms. The van der Waals surface area contributed by atoms with E-state index < -0.39 is 0 Å². The van der Waals surface area contributed by atoms with Crippen molar-refractivity contribution in [2.24, 2.45) is 16.8 Å². The van der Waals surface area contributed by atoms with Crippen LogP contribution >= 0.6 is 0 Å². The van der Waals surface area contributed by atoms with Crippen molar-refractivity contribution in [3.63, 3.8) is 0 Å². The fraction of sp³-hybridized carbons (Fsp3) is 0.625. The molecule has 3 atom stereocenters. The van der Waals surface area contributed by atoms with Crippen LogP contribution in [0.2, 0.25) is 0 Å². The molecule has 3 aromatic rings. The minimum Gasteiger partial charge on any atom is -0.494 e. The van der Waals surface area contributed by atoms with Gasteiger partial charge in [0.25, 0.3) is 5.56 Å². The predicted molar refractivity (Wildman–Crippen MR) is 158 cm³/mol. The first-order valence-corrected chi connectivity index (χ1v) is 15.0. The van der Waals surface area contributed by atoms with Gasteiger partial charge in [0.05, 0.1) is 11.4 Å². The number of nitrogens with zero attached hydrogens (tertiary/aromatic N) is 3. The molecular formula is C32H46N4O2. The zero-order valence-corrected chi connectivity index (χ0v) is 23.8. The molecule has 1 saturated carbocycles. The van der Waals surface area contributed by atoms with Gasteiger partial charge in [-0.25, -0.2) is 0 Å². The van der Waals surface area contributed by atoms with Crippen LogP contribution in [0.25, 0.3) is 21.5 Å². The second kappa shape index (κ2) is 11.6. The summed E-state index contributed by atoms with van der Waals surface area (Å²) in [5.74, 6) is 1.61. The second-order valence-corrected chi connectivity index (χ2v) is 12.4. The Balaban J connectivity index is 1.31. The van der Waals surface area contributed by atoms with Gasteiger partial charge < -0.3 is 15.3 Å². The van der Waals surface area contributed by atoms with E-state index >= 15 is 0 Å². The van der Waals surface area contributed by atoms with Crippen molar-refractivity contribution in [3.8, 4) is 5.88 Å². The Morgan fingerprint density at radius 2 is 1.79 bits per heavy atom. The summed E-state index contributed by atoms with van der Waals surface area (Å²) in [6.45, 7) is 9.44. The van der Waals surface area contributed by atoms with Gasteiger partial charge in [0.1, 0.15) is 0 Å². The molecule has 206 valence electrons. The maximum absolute atomic E-state index is 13.6. The summed E-state index contributed by atoms with van der Waals surface area (Å²) >= 11 is 0. The third-order valence-electron chi connectivity index (χ3n) is 8.89. The number of rotatable bonds is 11. The van der Waals surface area contributed by atoms with Gasteiger partial charge in [-0.1, -0.05) is 52.9 Å². The molecule has 1 fully saturated rings. The number of nitrogens with one attached hydrogen (secondary N) is 1. The SMILES string of the molecule is CC(C)CCCC(C)CCN(C)CCCn1c(O)c2ccc3c4c(ccc(c1=O)c24)NC1CCCCC1N=3. The lowest BCUT2D eigenvalue weighted by Gasteiger charge is -2.29. The standard InChI is InChI=1S/C32H46N4O2/c1-21(2)9-7-10-22(3)17-20-35(4)18-8-19-36-31(37)23-13-15-27-30-28(16-14-24(29(23)30)32(36)38)34-26-12-6-5-11-25(26)33-27/h13-16,21-22,25-26,33,38H,5-12,17-20H2,1-4H3. The summed E-state index contributed by atoms with van der Waals surface area (Å²) < 4.78 is 1.57. The molecule has 1 aromatic heterocycles. The molecule has 2 N–H and O–H groups in total. The molecule has 2 aliphatic rings. The maximum Gasteiger partial charge on any atom is 0.261 e. The predicted octanol–water partition coefficient (Wildman–Crippen LogP) is 6.11. The molecule has 0 amide bonds. The van der Waals surface area contributed by atoms with E-state index in [2.05, 4.69) is 38.0 Å². The van der Waals surface area contributed by atoms with Gasteiger partial charge in [-0.3, -0.25) is 14.4 Å². The van der Waals surface area contributed by atoms with E-state index in [1.807, 2.05) is 24.3 Å². The summed E-state index contributed by atoms with van der Waals surface area (Å²) in [5.41, 5.74) is 0.926. The Morgan fingerprint density at radius 3 is 2.61 bits per heavy atom. The van der Waals surface area contributed by atoms with Gasteiger partial charge in [0.2, 0.25) is 5.88 Å². The molecule has 1 aliphatic carbocycles. The highest BCUT2D eigenvalue weighted by atomic mass is 16.3. The first-order valence-electron chi connectivity index (χ1n) is 15.0. The molecule has 0 saturated heterocycles. The number of benzene rings is 2. The number of aromatic nitrogens is 1. The monoisotopic (exact) mass is 518 g/mol. The Morgan fingerprint density at radius 1 is 1.00 bits per heavy atom. The first-order chi connectivity index (χ1) is 18.3. The van der Waals surface area contributed by atoms with Crippen molar-refractivity contribution in [1.29, 1.82) is 0 Å². The molecule has 38 heavy (non-hydrogen) atoms. The highest BCUT2D eigenvalue weighted by molar-refractivity contribution is 6.15. The Kier molecular flexibility index (Phi) is 8.27. The lowest BCUT2D eigenvalue weighted by Crippen LogP contribution is -2.35. The highest BCUT2D eigenvalue weighted by Gasteiger charge is 2.28. The zero-order chi connectivity index (χ0) is 26.8. The van der Waals surface area contributed by atoms with E-state index in [4.69, 9.17) is 4.99 Å². The number of pyridine rings is 1. The lowest BCUT2D eigenvalue weighted by atomic mass is 9.91. The quantitative estimate of drug-likeness (QED) is 0.321. The van der Waals surface area contributed by atoms with E-state index in [0.717, 1.165) is 71.4 Å². The third kappa shape index (κ3) is 5.56. The van der Waals surface area contributed by atoms with E-state index in [1.54, 1.807) is 4.57 Å². The second-order valence-electron chi connectivity index (χ2n) is 12.4. The van der Waals surface area contributed by atoms with Crippen LogP contribution < -0.4 is 16.2 Å². The van der Waals surface area contributed by atoms with Crippen molar-refractivity contribution in [1.82, 2.24) is 9.47 Å². The zero-order valence-electron chi connectivity index (χ0n) is 23.8. The van der Waals surface area contributed by atoms with Crippen molar-refractivity contribution in [3.05, 3.63) is 40.0 Å². The van der Waals surface area contributed by atoms with Crippen molar-refractivity contribution < 1.29 is 5.11 Å². The van der Waals surface area contributed by atoms with E-state index in [0.29, 0.717) is 18.0 Å². The average Bonchev–Trinajstić information content (AvgIpc) is 3.06. The Bertz CT molecular complexity index is 1380. The summed E-state index contributed by atoms with van der Waals surface area (Å²) in [6.07, 6.45) is 10.6. The van der Waals surface area contributed by atoms with E-state index in [-0.39, 0.29) is 17.5 Å².